The minimum absolute atomic E-state index is 0.124. The number of hydrogen-bond acceptors (Lipinski definition) is 4. The quantitative estimate of drug-likeness (QED) is 0.831. The third-order valence-electron chi connectivity index (χ3n) is 5.61. The second-order valence-electron chi connectivity index (χ2n) is 7.66. The number of carbonyl (C=O) groups excluding carboxylic acids is 1. The van der Waals surface area contributed by atoms with Crippen molar-refractivity contribution in [1.82, 2.24) is 5.01 Å². The fourth-order valence-electron chi connectivity index (χ4n) is 3.73. The molecule has 8 heteroatoms. The molecule has 0 unspecified atom stereocenters. The first-order valence-corrected chi connectivity index (χ1v) is 9.51. The molecule has 0 spiro atoms. The molecule has 1 heterocycles. The number of aryl methyl sites for hydroxylation is 2. The van der Waals surface area contributed by atoms with E-state index in [9.17, 15) is 23.1 Å². The lowest BCUT2D eigenvalue weighted by atomic mass is 9.83. The lowest BCUT2D eigenvalue weighted by Gasteiger charge is -2.32. The molecule has 2 aliphatic rings. The molecule has 5 nitrogen and oxygen atoms in total. The Hall–Kier alpha value is -2.09. The van der Waals surface area contributed by atoms with Crippen molar-refractivity contribution >= 4 is 11.6 Å². The Kier molecular flexibility index (Phi) is 5.70. The number of hydrazone groups is 1. The van der Waals surface area contributed by atoms with Crippen molar-refractivity contribution in [2.24, 2.45) is 11.0 Å². The fourth-order valence-corrected chi connectivity index (χ4v) is 3.73. The van der Waals surface area contributed by atoms with Crippen LogP contribution in [0.4, 0.5) is 13.2 Å². The maximum atomic E-state index is 13.6. The van der Waals surface area contributed by atoms with E-state index in [4.69, 9.17) is 4.74 Å². The molecule has 1 amide bonds. The fraction of sp³-hybridized carbons (Fsp3) is 0.600. The zero-order valence-corrected chi connectivity index (χ0v) is 16.1. The molecule has 1 atom stereocenters. The van der Waals surface area contributed by atoms with Gasteiger partial charge in [-0.2, -0.15) is 23.3 Å². The number of halogens is 3. The summed E-state index contributed by atoms with van der Waals surface area (Å²) < 4.78 is 46.2. The van der Waals surface area contributed by atoms with Crippen LogP contribution in [0.2, 0.25) is 0 Å². The lowest BCUT2D eigenvalue weighted by molar-refractivity contribution is -0.302. The first-order chi connectivity index (χ1) is 13.1. The van der Waals surface area contributed by atoms with E-state index in [-0.39, 0.29) is 16.6 Å². The predicted octanol–water partition coefficient (Wildman–Crippen LogP) is 4.10. The molecular formula is C20H25F3N2O3. The molecule has 154 valence electrons. The number of alkyl halides is 3. The van der Waals surface area contributed by atoms with Gasteiger partial charge in [0.1, 0.15) is 5.75 Å². The van der Waals surface area contributed by atoms with Gasteiger partial charge in [-0.1, -0.05) is 25.3 Å². The second kappa shape index (κ2) is 7.73. The zero-order valence-electron chi connectivity index (χ0n) is 16.1. The van der Waals surface area contributed by atoms with Crippen LogP contribution in [0.25, 0.3) is 0 Å². The van der Waals surface area contributed by atoms with E-state index in [1.54, 1.807) is 18.2 Å². The Morgan fingerprint density at radius 2 is 1.93 bits per heavy atom. The third kappa shape index (κ3) is 4.01. The van der Waals surface area contributed by atoms with Crippen LogP contribution in [0, 0.1) is 19.8 Å². The summed E-state index contributed by atoms with van der Waals surface area (Å²) in [5.74, 6) is -0.771. The van der Waals surface area contributed by atoms with Crippen LogP contribution in [0.3, 0.4) is 0 Å². The molecule has 3 rings (SSSR count). The van der Waals surface area contributed by atoms with Crippen LogP contribution in [-0.4, -0.2) is 40.2 Å². The minimum Gasteiger partial charge on any atom is -0.484 e. The first-order valence-electron chi connectivity index (χ1n) is 9.51. The number of amides is 1. The highest BCUT2D eigenvalue weighted by Gasteiger charge is 2.63. The van der Waals surface area contributed by atoms with Gasteiger partial charge in [0.2, 0.25) is 0 Å². The monoisotopic (exact) mass is 398 g/mol. The number of benzene rings is 1. The van der Waals surface area contributed by atoms with Gasteiger partial charge in [-0.25, -0.2) is 0 Å². The normalized spacial score (nSPS) is 23.6. The third-order valence-corrected chi connectivity index (χ3v) is 5.61. The molecule has 1 saturated carbocycles. The molecule has 1 aromatic rings. The van der Waals surface area contributed by atoms with Crippen LogP contribution >= 0.6 is 0 Å². The van der Waals surface area contributed by atoms with E-state index in [1.165, 1.54) is 0 Å². The van der Waals surface area contributed by atoms with Gasteiger partial charge in [0.25, 0.3) is 11.6 Å². The molecule has 1 aliphatic carbocycles. The molecule has 1 aromatic carbocycles. The van der Waals surface area contributed by atoms with E-state index < -0.39 is 30.8 Å². The number of aliphatic hydroxyl groups is 1. The highest BCUT2D eigenvalue weighted by molar-refractivity contribution is 5.92. The smallest absolute Gasteiger partial charge is 0.438 e. The van der Waals surface area contributed by atoms with E-state index in [1.807, 2.05) is 13.8 Å². The zero-order chi connectivity index (χ0) is 20.5. The summed E-state index contributed by atoms with van der Waals surface area (Å²) in [4.78, 5) is 12.5. The van der Waals surface area contributed by atoms with Crippen molar-refractivity contribution < 1.29 is 27.8 Å². The van der Waals surface area contributed by atoms with Gasteiger partial charge in [0, 0.05) is 12.1 Å². The predicted molar refractivity (Wildman–Crippen MR) is 97.9 cm³/mol. The summed E-state index contributed by atoms with van der Waals surface area (Å²) in [6, 6.07) is 5.15. The van der Waals surface area contributed by atoms with Crippen molar-refractivity contribution in [3.8, 4) is 5.75 Å². The number of carbonyl (C=O) groups is 1. The van der Waals surface area contributed by atoms with Crippen molar-refractivity contribution in [3.63, 3.8) is 0 Å². The van der Waals surface area contributed by atoms with E-state index in [0.717, 1.165) is 43.2 Å². The van der Waals surface area contributed by atoms with E-state index in [0.29, 0.717) is 5.75 Å². The number of nitrogens with zero attached hydrogens (tertiary/aromatic N) is 2. The maximum absolute atomic E-state index is 13.6. The first kappa shape index (κ1) is 20.6. The van der Waals surface area contributed by atoms with Crippen molar-refractivity contribution in [1.29, 1.82) is 0 Å². The summed E-state index contributed by atoms with van der Waals surface area (Å²) >= 11 is 0. The van der Waals surface area contributed by atoms with Gasteiger partial charge in [0.15, 0.2) is 6.61 Å². The van der Waals surface area contributed by atoms with Gasteiger partial charge in [0.05, 0.1) is 0 Å². The Morgan fingerprint density at radius 3 is 2.54 bits per heavy atom. The average Bonchev–Trinajstić information content (AvgIpc) is 3.02. The lowest BCUT2D eigenvalue weighted by Crippen LogP contribution is -2.57. The Morgan fingerprint density at radius 1 is 1.25 bits per heavy atom. The van der Waals surface area contributed by atoms with Crippen LogP contribution in [0.5, 0.6) is 5.75 Å². The molecule has 0 saturated heterocycles. The van der Waals surface area contributed by atoms with Crippen LogP contribution in [0.15, 0.2) is 23.3 Å². The van der Waals surface area contributed by atoms with Gasteiger partial charge in [-0.3, -0.25) is 4.79 Å². The number of ether oxygens (including phenoxy) is 1. The number of hydrogen-bond donors (Lipinski definition) is 1. The molecule has 0 aromatic heterocycles. The van der Waals surface area contributed by atoms with Crippen LogP contribution < -0.4 is 4.74 Å². The van der Waals surface area contributed by atoms with Gasteiger partial charge in [-0.15, -0.1) is 0 Å². The molecule has 1 fully saturated rings. The van der Waals surface area contributed by atoms with E-state index in [2.05, 4.69) is 5.10 Å². The van der Waals surface area contributed by atoms with Gasteiger partial charge >= 0.3 is 6.18 Å². The average molecular weight is 398 g/mol. The summed E-state index contributed by atoms with van der Waals surface area (Å²) in [6.07, 6.45) is -1.38. The summed E-state index contributed by atoms with van der Waals surface area (Å²) in [5, 5.41) is 14.5. The van der Waals surface area contributed by atoms with Crippen molar-refractivity contribution in [2.45, 2.75) is 64.3 Å². The highest BCUT2D eigenvalue weighted by atomic mass is 19.4. The SMILES string of the molecule is Cc1ccc(OCC(=O)N2N=C(C3CCCCC3)C[C@@]2(O)C(F)(F)F)cc1C. The molecular weight excluding hydrogens is 373 g/mol. The minimum atomic E-state index is -5.01. The topological polar surface area (TPSA) is 62.1 Å². The highest BCUT2D eigenvalue weighted by Crippen LogP contribution is 2.43. The second-order valence-corrected chi connectivity index (χ2v) is 7.66. The van der Waals surface area contributed by atoms with E-state index >= 15 is 0 Å². The van der Waals surface area contributed by atoms with Crippen LogP contribution in [0.1, 0.15) is 49.7 Å². The van der Waals surface area contributed by atoms with Crippen molar-refractivity contribution in [3.05, 3.63) is 29.3 Å². The molecule has 0 radical (unpaired) electrons. The summed E-state index contributed by atoms with van der Waals surface area (Å²) in [6.45, 7) is 3.15. The summed E-state index contributed by atoms with van der Waals surface area (Å²) in [7, 11) is 0. The van der Waals surface area contributed by atoms with Crippen LogP contribution in [-0.2, 0) is 4.79 Å². The standard InChI is InChI=1S/C20H25F3N2O3/c1-13-8-9-16(10-14(13)2)28-12-18(26)25-19(27,20(21,22)23)11-17(24-25)15-6-4-3-5-7-15/h8-10,15,27H,3-7,11-12H2,1-2H3/t19-/m1/s1. The largest absolute Gasteiger partial charge is 0.484 e. The maximum Gasteiger partial charge on any atom is 0.438 e. The van der Waals surface area contributed by atoms with Gasteiger partial charge in [-0.05, 0) is 55.9 Å². The molecule has 28 heavy (non-hydrogen) atoms. The Balaban J connectivity index is 1.77. The molecule has 1 aliphatic heterocycles. The molecule has 1 N–H and O–H groups in total. The van der Waals surface area contributed by atoms with Gasteiger partial charge < -0.3 is 9.84 Å². The Labute approximate surface area is 162 Å². The Bertz CT molecular complexity index is 772. The number of rotatable bonds is 4. The molecule has 0 bridgehead atoms. The summed E-state index contributed by atoms with van der Waals surface area (Å²) in [5.41, 5.74) is -1.09. The van der Waals surface area contributed by atoms with Crippen molar-refractivity contribution in [2.75, 3.05) is 6.61 Å².